The van der Waals surface area contributed by atoms with Crippen LogP contribution in [-0.2, 0) is 0 Å². The second kappa shape index (κ2) is 6.59. The van der Waals surface area contributed by atoms with Crippen molar-refractivity contribution in [2.45, 2.75) is 12.5 Å². The SMILES string of the molecule is COc1ncccc1OC(c1ccccc1)[C@H]1CCNC1. The molecule has 0 saturated carbocycles. The molecular formula is C17H20N2O2. The van der Waals surface area contributed by atoms with E-state index in [1.54, 1.807) is 13.3 Å². The Morgan fingerprint density at radius 1 is 1.19 bits per heavy atom. The van der Waals surface area contributed by atoms with Crippen LogP contribution in [0.1, 0.15) is 18.1 Å². The second-order valence-electron chi connectivity index (χ2n) is 5.21. The van der Waals surface area contributed by atoms with Crippen LogP contribution in [0.5, 0.6) is 11.6 Å². The monoisotopic (exact) mass is 284 g/mol. The highest BCUT2D eigenvalue weighted by Crippen LogP contribution is 2.35. The molecule has 4 heteroatoms. The van der Waals surface area contributed by atoms with Crippen LogP contribution in [0.3, 0.4) is 0 Å². The Morgan fingerprint density at radius 2 is 2.05 bits per heavy atom. The predicted octanol–water partition coefficient (Wildman–Crippen LogP) is 2.82. The highest BCUT2D eigenvalue weighted by Gasteiger charge is 2.28. The van der Waals surface area contributed by atoms with Gasteiger partial charge in [-0.25, -0.2) is 4.98 Å². The Kier molecular flexibility index (Phi) is 4.36. The molecule has 1 aromatic heterocycles. The average Bonchev–Trinajstić information content (AvgIpc) is 3.08. The zero-order chi connectivity index (χ0) is 14.5. The van der Waals surface area contributed by atoms with E-state index in [0.29, 0.717) is 17.5 Å². The van der Waals surface area contributed by atoms with Crippen LogP contribution in [0, 0.1) is 5.92 Å². The fourth-order valence-electron chi connectivity index (χ4n) is 2.77. The minimum absolute atomic E-state index is 0.0132. The molecule has 1 unspecified atom stereocenters. The van der Waals surface area contributed by atoms with Gasteiger partial charge in [-0.05, 0) is 30.7 Å². The molecule has 1 aliphatic rings. The van der Waals surface area contributed by atoms with Gasteiger partial charge in [-0.3, -0.25) is 0 Å². The van der Waals surface area contributed by atoms with Crippen LogP contribution in [0.2, 0.25) is 0 Å². The minimum Gasteiger partial charge on any atom is -0.480 e. The van der Waals surface area contributed by atoms with Crippen molar-refractivity contribution in [1.82, 2.24) is 10.3 Å². The highest BCUT2D eigenvalue weighted by atomic mass is 16.5. The van der Waals surface area contributed by atoms with Gasteiger partial charge in [0.15, 0.2) is 5.75 Å². The lowest BCUT2D eigenvalue weighted by Gasteiger charge is -2.25. The summed E-state index contributed by atoms with van der Waals surface area (Å²) in [6.07, 6.45) is 2.84. The number of benzene rings is 1. The van der Waals surface area contributed by atoms with Gasteiger partial charge in [0.2, 0.25) is 0 Å². The van der Waals surface area contributed by atoms with E-state index in [1.165, 1.54) is 5.56 Å². The van der Waals surface area contributed by atoms with Crippen LogP contribution in [0.25, 0.3) is 0 Å². The third-order valence-corrected chi connectivity index (χ3v) is 3.84. The first kappa shape index (κ1) is 13.9. The Bertz CT molecular complexity index is 568. The summed E-state index contributed by atoms with van der Waals surface area (Å²) in [6.45, 7) is 2.02. The maximum absolute atomic E-state index is 6.28. The summed E-state index contributed by atoms with van der Waals surface area (Å²) in [5.41, 5.74) is 1.19. The number of hydrogen-bond acceptors (Lipinski definition) is 4. The maximum atomic E-state index is 6.28. The second-order valence-corrected chi connectivity index (χ2v) is 5.21. The molecule has 1 aromatic carbocycles. The highest BCUT2D eigenvalue weighted by molar-refractivity contribution is 5.33. The first-order valence-electron chi connectivity index (χ1n) is 7.30. The summed E-state index contributed by atoms with van der Waals surface area (Å²) < 4.78 is 11.6. The molecule has 1 N–H and O–H groups in total. The van der Waals surface area contributed by atoms with E-state index in [-0.39, 0.29) is 6.10 Å². The molecule has 1 saturated heterocycles. The first-order valence-corrected chi connectivity index (χ1v) is 7.30. The fourth-order valence-corrected chi connectivity index (χ4v) is 2.77. The number of methoxy groups -OCH3 is 1. The lowest BCUT2D eigenvalue weighted by Crippen LogP contribution is -2.21. The number of rotatable bonds is 5. The summed E-state index contributed by atoms with van der Waals surface area (Å²) in [6, 6.07) is 14.1. The lowest BCUT2D eigenvalue weighted by atomic mass is 9.95. The average molecular weight is 284 g/mol. The molecule has 110 valence electrons. The molecule has 21 heavy (non-hydrogen) atoms. The van der Waals surface area contributed by atoms with Gasteiger partial charge in [0, 0.05) is 18.7 Å². The predicted molar refractivity (Wildman–Crippen MR) is 81.6 cm³/mol. The molecule has 0 bridgehead atoms. The van der Waals surface area contributed by atoms with E-state index >= 15 is 0 Å². The lowest BCUT2D eigenvalue weighted by molar-refractivity contribution is 0.138. The Labute approximate surface area is 125 Å². The molecule has 2 heterocycles. The molecule has 1 fully saturated rings. The summed E-state index contributed by atoms with van der Waals surface area (Å²) in [5, 5.41) is 3.41. The minimum atomic E-state index is 0.0132. The maximum Gasteiger partial charge on any atom is 0.256 e. The number of aromatic nitrogens is 1. The van der Waals surface area contributed by atoms with Crippen LogP contribution in [0.4, 0.5) is 0 Å². The molecule has 4 nitrogen and oxygen atoms in total. The standard InChI is InChI=1S/C17H20N2O2/c1-20-17-15(8-5-10-19-17)21-16(14-9-11-18-12-14)13-6-3-2-4-7-13/h2-8,10,14,16,18H,9,11-12H2,1H3/t14-,16?/m0/s1. The van der Waals surface area contributed by atoms with Crippen molar-refractivity contribution in [2.24, 2.45) is 5.92 Å². The van der Waals surface area contributed by atoms with Gasteiger partial charge in [0.25, 0.3) is 5.88 Å². The Morgan fingerprint density at radius 3 is 2.76 bits per heavy atom. The zero-order valence-corrected chi connectivity index (χ0v) is 12.2. The molecular weight excluding hydrogens is 264 g/mol. The van der Waals surface area contributed by atoms with E-state index in [9.17, 15) is 0 Å². The normalized spacial score (nSPS) is 19.2. The molecule has 3 rings (SSSR count). The molecule has 2 aromatic rings. The van der Waals surface area contributed by atoms with Crippen LogP contribution < -0.4 is 14.8 Å². The summed E-state index contributed by atoms with van der Waals surface area (Å²) >= 11 is 0. The van der Waals surface area contributed by atoms with Crippen molar-refractivity contribution in [3.8, 4) is 11.6 Å². The van der Waals surface area contributed by atoms with Crippen molar-refractivity contribution in [3.05, 3.63) is 54.2 Å². The molecule has 0 radical (unpaired) electrons. The van der Waals surface area contributed by atoms with Gasteiger partial charge in [-0.15, -0.1) is 0 Å². The van der Waals surface area contributed by atoms with Gasteiger partial charge in [-0.1, -0.05) is 30.3 Å². The topological polar surface area (TPSA) is 43.4 Å². The van der Waals surface area contributed by atoms with E-state index in [2.05, 4.69) is 34.6 Å². The number of nitrogens with zero attached hydrogens (tertiary/aromatic N) is 1. The zero-order valence-electron chi connectivity index (χ0n) is 12.2. The Hall–Kier alpha value is -2.07. The van der Waals surface area contributed by atoms with E-state index < -0.39 is 0 Å². The molecule has 1 aliphatic heterocycles. The van der Waals surface area contributed by atoms with Gasteiger partial charge in [0.1, 0.15) is 6.10 Å². The number of nitrogens with one attached hydrogen (secondary N) is 1. The first-order chi connectivity index (χ1) is 10.4. The summed E-state index contributed by atoms with van der Waals surface area (Å²) in [5.74, 6) is 1.68. The van der Waals surface area contributed by atoms with Gasteiger partial charge in [-0.2, -0.15) is 0 Å². The molecule has 0 aliphatic carbocycles. The van der Waals surface area contributed by atoms with Crippen molar-refractivity contribution < 1.29 is 9.47 Å². The van der Waals surface area contributed by atoms with Gasteiger partial charge in [0.05, 0.1) is 7.11 Å². The van der Waals surface area contributed by atoms with Crippen LogP contribution >= 0.6 is 0 Å². The van der Waals surface area contributed by atoms with E-state index in [1.807, 2.05) is 18.2 Å². The van der Waals surface area contributed by atoms with Gasteiger partial charge < -0.3 is 14.8 Å². The van der Waals surface area contributed by atoms with Crippen LogP contribution in [0.15, 0.2) is 48.7 Å². The largest absolute Gasteiger partial charge is 0.480 e. The van der Waals surface area contributed by atoms with E-state index in [4.69, 9.17) is 9.47 Å². The van der Waals surface area contributed by atoms with Crippen molar-refractivity contribution in [1.29, 1.82) is 0 Å². The summed E-state index contributed by atoms with van der Waals surface area (Å²) in [7, 11) is 1.61. The van der Waals surface area contributed by atoms with Crippen LogP contribution in [-0.4, -0.2) is 25.2 Å². The van der Waals surface area contributed by atoms with Gasteiger partial charge >= 0.3 is 0 Å². The number of ether oxygens (including phenoxy) is 2. The molecule has 2 atom stereocenters. The van der Waals surface area contributed by atoms with Crippen molar-refractivity contribution in [2.75, 3.05) is 20.2 Å². The smallest absolute Gasteiger partial charge is 0.256 e. The Balaban J connectivity index is 1.88. The fraction of sp³-hybridized carbons (Fsp3) is 0.353. The molecule has 0 spiro atoms. The van der Waals surface area contributed by atoms with E-state index in [0.717, 1.165) is 19.5 Å². The number of hydrogen-bond donors (Lipinski definition) is 1. The van der Waals surface area contributed by atoms with Crippen molar-refractivity contribution >= 4 is 0 Å². The van der Waals surface area contributed by atoms with Crippen molar-refractivity contribution in [3.63, 3.8) is 0 Å². The molecule has 0 amide bonds. The quantitative estimate of drug-likeness (QED) is 0.917. The number of pyridine rings is 1. The third kappa shape index (κ3) is 3.16. The third-order valence-electron chi connectivity index (χ3n) is 3.84. The summed E-state index contributed by atoms with van der Waals surface area (Å²) in [4.78, 5) is 4.21.